The van der Waals surface area contributed by atoms with Crippen molar-refractivity contribution in [2.24, 2.45) is 0 Å². The molecule has 1 saturated heterocycles. The molecule has 2 aromatic carbocycles. The third-order valence-electron chi connectivity index (χ3n) is 3.49. The van der Waals surface area contributed by atoms with Crippen LogP contribution in [0.5, 0.6) is 0 Å². The van der Waals surface area contributed by atoms with Crippen molar-refractivity contribution in [2.45, 2.75) is 6.18 Å². The summed E-state index contributed by atoms with van der Waals surface area (Å²) in [5.41, 5.74) is -0.497. The molecule has 0 unspecified atom stereocenters. The molecule has 0 radical (unpaired) electrons. The van der Waals surface area contributed by atoms with Crippen LogP contribution < -0.4 is 10.2 Å². The maximum absolute atomic E-state index is 12.8. The summed E-state index contributed by atoms with van der Waals surface area (Å²) in [5, 5.41) is 2.80. The van der Waals surface area contributed by atoms with E-state index in [0.717, 1.165) is 17.0 Å². The molecular formula is C17H10ClF3N2O2. The van der Waals surface area contributed by atoms with Gasteiger partial charge in [-0.15, -0.1) is 0 Å². The first kappa shape index (κ1) is 17.0. The Bertz CT molecular complexity index is 876. The van der Waals surface area contributed by atoms with E-state index >= 15 is 0 Å². The fraction of sp³-hybridized carbons (Fsp3) is 0.0588. The standard InChI is InChI=1S/C17H10ClF3N2O2/c18-12-4-6-13(7-5-12)23-15(24)14(22-16(23)25)9-10-2-1-3-11(8-10)17(19,20)21/h1-9H,(H,22,25)/b14-9+. The number of amides is 3. The number of hydrogen-bond donors (Lipinski definition) is 1. The molecule has 0 bridgehead atoms. The van der Waals surface area contributed by atoms with Crippen molar-refractivity contribution in [3.05, 3.63) is 70.4 Å². The molecule has 25 heavy (non-hydrogen) atoms. The summed E-state index contributed by atoms with van der Waals surface area (Å²) in [4.78, 5) is 25.3. The van der Waals surface area contributed by atoms with Gasteiger partial charge in [0.25, 0.3) is 5.91 Å². The first-order chi connectivity index (χ1) is 11.8. The first-order valence-electron chi connectivity index (χ1n) is 7.06. The number of alkyl halides is 3. The van der Waals surface area contributed by atoms with Gasteiger partial charge in [0.05, 0.1) is 11.3 Å². The number of carbonyl (C=O) groups excluding carboxylic acids is 2. The molecule has 0 aliphatic carbocycles. The number of urea groups is 1. The summed E-state index contributed by atoms with van der Waals surface area (Å²) in [7, 11) is 0. The Kier molecular flexibility index (Phi) is 4.26. The molecule has 0 atom stereocenters. The molecule has 3 rings (SSSR count). The average Bonchev–Trinajstić information content (AvgIpc) is 2.82. The SMILES string of the molecule is O=C1N/C(=C/c2cccc(C(F)(F)F)c2)C(=O)N1c1ccc(Cl)cc1. The molecule has 1 N–H and O–H groups in total. The number of nitrogens with one attached hydrogen (secondary N) is 1. The van der Waals surface area contributed by atoms with E-state index in [-0.39, 0.29) is 11.3 Å². The Morgan fingerprint density at radius 2 is 1.72 bits per heavy atom. The van der Waals surface area contributed by atoms with E-state index in [9.17, 15) is 22.8 Å². The predicted octanol–water partition coefficient (Wildman–Crippen LogP) is 4.46. The van der Waals surface area contributed by atoms with Gasteiger partial charge in [0.2, 0.25) is 0 Å². The summed E-state index contributed by atoms with van der Waals surface area (Å²) < 4.78 is 38.3. The van der Waals surface area contributed by atoms with Gasteiger partial charge < -0.3 is 5.32 Å². The summed E-state index contributed by atoms with van der Waals surface area (Å²) in [6, 6.07) is 9.80. The lowest BCUT2D eigenvalue weighted by Gasteiger charge is -2.11. The molecule has 1 heterocycles. The zero-order valence-electron chi connectivity index (χ0n) is 12.5. The lowest BCUT2D eigenvalue weighted by atomic mass is 10.1. The highest BCUT2D eigenvalue weighted by Crippen LogP contribution is 2.30. The number of nitrogens with zero attached hydrogens (tertiary/aromatic N) is 1. The quantitative estimate of drug-likeness (QED) is 0.630. The predicted molar refractivity (Wildman–Crippen MR) is 86.9 cm³/mol. The van der Waals surface area contributed by atoms with Crippen molar-refractivity contribution in [1.82, 2.24) is 5.32 Å². The second-order valence-corrected chi connectivity index (χ2v) is 5.66. The van der Waals surface area contributed by atoms with Crippen LogP contribution in [0.2, 0.25) is 5.02 Å². The van der Waals surface area contributed by atoms with Gasteiger partial charge in [-0.3, -0.25) is 4.79 Å². The van der Waals surface area contributed by atoms with Gasteiger partial charge in [-0.2, -0.15) is 13.2 Å². The van der Waals surface area contributed by atoms with Crippen molar-refractivity contribution in [1.29, 1.82) is 0 Å². The van der Waals surface area contributed by atoms with E-state index in [1.165, 1.54) is 42.5 Å². The van der Waals surface area contributed by atoms with Crippen LogP contribution in [-0.4, -0.2) is 11.9 Å². The maximum atomic E-state index is 12.8. The third-order valence-corrected chi connectivity index (χ3v) is 3.74. The Balaban J connectivity index is 1.92. The number of rotatable bonds is 2. The summed E-state index contributed by atoms with van der Waals surface area (Å²) in [6.07, 6.45) is -3.29. The van der Waals surface area contributed by atoms with Crippen LogP contribution in [0.4, 0.5) is 23.7 Å². The van der Waals surface area contributed by atoms with Crippen molar-refractivity contribution >= 4 is 35.3 Å². The smallest absolute Gasteiger partial charge is 0.302 e. The fourth-order valence-electron chi connectivity index (χ4n) is 2.33. The van der Waals surface area contributed by atoms with Crippen LogP contribution in [0, 0.1) is 0 Å². The molecule has 1 aliphatic rings. The number of anilines is 1. The van der Waals surface area contributed by atoms with Crippen LogP contribution in [-0.2, 0) is 11.0 Å². The number of imide groups is 1. The second kappa shape index (κ2) is 6.25. The molecule has 3 amide bonds. The molecule has 1 fully saturated rings. The van der Waals surface area contributed by atoms with Crippen LogP contribution in [0.15, 0.2) is 54.2 Å². The second-order valence-electron chi connectivity index (χ2n) is 5.23. The van der Waals surface area contributed by atoms with E-state index in [1.54, 1.807) is 0 Å². The Morgan fingerprint density at radius 3 is 2.36 bits per heavy atom. The third kappa shape index (κ3) is 3.51. The minimum atomic E-state index is -4.49. The Hall–Kier alpha value is -2.80. The largest absolute Gasteiger partial charge is 0.416 e. The van der Waals surface area contributed by atoms with E-state index in [2.05, 4.69) is 5.32 Å². The lowest BCUT2D eigenvalue weighted by molar-refractivity contribution is -0.137. The highest BCUT2D eigenvalue weighted by molar-refractivity contribution is 6.31. The highest BCUT2D eigenvalue weighted by Gasteiger charge is 2.35. The van der Waals surface area contributed by atoms with Crippen LogP contribution in [0.25, 0.3) is 6.08 Å². The lowest BCUT2D eigenvalue weighted by Crippen LogP contribution is -2.30. The topological polar surface area (TPSA) is 49.4 Å². The van der Waals surface area contributed by atoms with Gasteiger partial charge in [-0.1, -0.05) is 23.7 Å². The molecule has 0 saturated carbocycles. The molecule has 0 spiro atoms. The molecule has 128 valence electrons. The van der Waals surface area contributed by atoms with Gasteiger partial charge in [-0.25, -0.2) is 9.69 Å². The molecule has 4 nitrogen and oxygen atoms in total. The van der Waals surface area contributed by atoms with Gasteiger partial charge >= 0.3 is 12.2 Å². The van der Waals surface area contributed by atoms with Gasteiger partial charge in [-0.05, 0) is 48.0 Å². The number of halogens is 4. The van der Waals surface area contributed by atoms with Gasteiger partial charge in [0.15, 0.2) is 0 Å². The Morgan fingerprint density at radius 1 is 1.04 bits per heavy atom. The maximum Gasteiger partial charge on any atom is 0.416 e. The number of carbonyl (C=O) groups is 2. The first-order valence-corrected chi connectivity index (χ1v) is 7.43. The summed E-state index contributed by atoms with van der Waals surface area (Å²) in [5.74, 6) is -0.662. The molecule has 0 aromatic heterocycles. The fourth-order valence-corrected chi connectivity index (χ4v) is 2.46. The number of benzene rings is 2. The number of hydrogen-bond acceptors (Lipinski definition) is 2. The van der Waals surface area contributed by atoms with Gasteiger partial charge in [0, 0.05) is 5.02 Å². The van der Waals surface area contributed by atoms with Crippen molar-refractivity contribution in [2.75, 3.05) is 4.90 Å². The van der Waals surface area contributed by atoms with Crippen LogP contribution >= 0.6 is 11.6 Å². The van der Waals surface area contributed by atoms with E-state index in [4.69, 9.17) is 11.6 Å². The van der Waals surface area contributed by atoms with E-state index < -0.39 is 23.7 Å². The molecule has 2 aromatic rings. The highest BCUT2D eigenvalue weighted by atomic mass is 35.5. The van der Waals surface area contributed by atoms with Gasteiger partial charge in [0.1, 0.15) is 5.70 Å². The molecular weight excluding hydrogens is 357 g/mol. The van der Waals surface area contributed by atoms with Crippen molar-refractivity contribution in [3.8, 4) is 0 Å². The normalized spacial score (nSPS) is 16.5. The molecule has 1 aliphatic heterocycles. The zero-order valence-corrected chi connectivity index (χ0v) is 13.2. The van der Waals surface area contributed by atoms with E-state index in [1.807, 2.05) is 0 Å². The van der Waals surface area contributed by atoms with Crippen molar-refractivity contribution in [3.63, 3.8) is 0 Å². The van der Waals surface area contributed by atoms with Crippen LogP contribution in [0.1, 0.15) is 11.1 Å². The Labute approximate surface area is 145 Å². The zero-order chi connectivity index (χ0) is 18.2. The van der Waals surface area contributed by atoms with Crippen molar-refractivity contribution < 1.29 is 22.8 Å². The van der Waals surface area contributed by atoms with Crippen LogP contribution in [0.3, 0.4) is 0 Å². The minimum absolute atomic E-state index is 0.112. The molecule has 8 heteroatoms. The average molecular weight is 367 g/mol. The monoisotopic (exact) mass is 366 g/mol. The summed E-state index contributed by atoms with van der Waals surface area (Å²) >= 11 is 5.77. The van der Waals surface area contributed by atoms with E-state index in [0.29, 0.717) is 10.7 Å². The minimum Gasteiger partial charge on any atom is -0.302 e. The summed E-state index contributed by atoms with van der Waals surface area (Å²) in [6.45, 7) is 0.